The highest BCUT2D eigenvalue weighted by atomic mass is 79.9. The number of hydrogen-bond donors (Lipinski definition) is 4. The molecule has 1 saturated carbocycles. The van der Waals surface area contributed by atoms with Crippen LogP contribution in [0.25, 0.3) is 0 Å². The molecule has 1 aromatic rings. The lowest BCUT2D eigenvalue weighted by molar-refractivity contribution is -0.137. The van der Waals surface area contributed by atoms with E-state index in [1.54, 1.807) is 17.4 Å². The Balaban J connectivity index is 1.83. The van der Waals surface area contributed by atoms with Crippen LogP contribution < -0.4 is 0 Å². The Morgan fingerprint density at radius 1 is 1.34 bits per heavy atom. The number of carboxylic acids is 1. The first-order chi connectivity index (χ1) is 13.8. The highest BCUT2D eigenvalue weighted by Crippen LogP contribution is 2.36. The highest BCUT2D eigenvalue weighted by molar-refractivity contribution is 9.10. The number of carbonyl (C=O) groups is 1. The third-order valence-electron chi connectivity index (χ3n) is 5.40. The second-order valence-electron chi connectivity index (χ2n) is 7.71. The van der Waals surface area contributed by atoms with E-state index in [1.165, 1.54) is 9.75 Å². The zero-order chi connectivity index (χ0) is 21.4. The molecule has 0 spiro atoms. The van der Waals surface area contributed by atoms with Crippen molar-refractivity contribution < 1.29 is 25.2 Å². The number of halogens is 1. The fourth-order valence-electron chi connectivity index (χ4n) is 3.73. The maximum atomic E-state index is 10.5. The van der Waals surface area contributed by atoms with Gasteiger partial charge in [0.25, 0.3) is 0 Å². The van der Waals surface area contributed by atoms with Crippen molar-refractivity contribution in [3.63, 3.8) is 0 Å². The fraction of sp³-hybridized carbons (Fsp3) is 0.591. The number of unbranched alkanes of at least 4 members (excludes halogenated alkanes) is 1. The van der Waals surface area contributed by atoms with Gasteiger partial charge in [-0.15, -0.1) is 11.3 Å². The number of thiophene rings is 1. The van der Waals surface area contributed by atoms with Crippen LogP contribution in [0, 0.1) is 18.8 Å². The highest BCUT2D eigenvalue weighted by Gasteiger charge is 2.39. The van der Waals surface area contributed by atoms with E-state index in [-0.39, 0.29) is 18.3 Å². The molecule has 1 aliphatic carbocycles. The number of aliphatic hydroxyl groups excluding tert-OH is 3. The lowest BCUT2D eigenvalue weighted by atomic mass is 9.89. The summed E-state index contributed by atoms with van der Waals surface area (Å²) in [6.45, 7) is 2.06. The molecule has 3 unspecified atom stereocenters. The van der Waals surface area contributed by atoms with Crippen LogP contribution in [0.1, 0.15) is 48.3 Å². The first kappa shape index (κ1) is 24.3. The van der Waals surface area contributed by atoms with E-state index in [1.807, 2.05) is 18.2 Å². The van der Waals surface area contributed by atoms with Gasteiger partial charge in [0.1, 0.15) is 0 Å². The number of aryl methyl sites for hydroxylation is 2. The maximum Gasteiger partial charge on any atom is 0.303 e. The van der Waals surface area contributed by atoms with Crippen LogP contribution in [-0.2, 0) is 11.2 Å². The normalized spacial score (nSPS) is 26.0. The largest absolute Gasteiger partial charge is 0.481 e. The van der Waals surface area contributed by atoms with Crippen LogP contribution in [0.2, 0.25) is 0 Å². The summed E-state index contributed by atoms with van der Waals surface area (Å²) in [5, 5.41) is 39.5. The van der Waals surface area contributed by atoms with Crippen LogP contribution in [-0.4, -0.2) is 44.7 Å². The summed E-state index contributed by atoms with van der Waals surface area (Å²) in [7, 11) is 0. The predicted molar refractivity (Wildman–Crippen MR) is 119 cm³/mol. The van der Waals surface area contributed by atoms with Crippen molar-refractivity contribution in [2.75, 3.05) is 0 Å². The maximum absolute atomic E-state index is 10.5. The second kappa shape index (κ2) is 12.0. The topological polar surface area (TPSA) is 98.0 Å². The lowest BCUT2D eigenvalue weighted by Crippen LogP contribution is -2.20. The predicted octanol–water partition coefficient (Wildman–Crippen LogP) is 4.23. The average Bonchev–Trinajstić information content (AvgIpc) is 3.11. The van der Waals surface area contributed by atoms with Gasteiger partial charge in [0.2, 0.25) is 0 Å². The van der Waals surface area contributed by atoms with Crippen molar-refractivity contribution in [1.82, 2.24) is 0 Å². The molecule has 1 heterocycles. The molecule has 162 valence electrons. The molecule has 0 aromatic carbocycles. The van der Waals surface area contributed by atoms with Crippen molar-refractivity contribution in [1.29, 1.82) is 0 Å². The number of rotatable bonds is 11. The molecule has 0 bridgehead atoms. The lowest BCUT2D eigenvalue weighted by Gasteiger charge is -2.19. The summed E-state index contributed by atoms with van der Waals surface area (Å²) in [4.78, 5) is 13.0. The number of aliphatic carboxylic acids is 1. The Kier molecular flexibility index (Phi) is 10.1. The number of aliphatic hydroxyl groups is 3. The standard InChI is InChI=1S/C22H31BrO5S/c1-14-19(23)12-16(29-14)10-8-15(24)9-11-18-17(20(25)13-21(18)26)6-4-2-3-5-7-22(27)28/h2,4,9,11-12,15,17-18,20-21,24-26H,3,5-8,10,13H2,1H3,(H,27,28)/b4-2-,11-9+/t15?,17-,18-,20?,21?/m1/s1. The Morgan fingerprint density at radius 2 is 2.10 bits per heavy atom. The molecule has 0 aliphatic heterocycles. The van der Waals surface area contributed by atoms with Crippen molar-refractivity contribution >= 4 is 33.2 Å². The van der Waals surface area contributed by atoms with E-state index in [0.717, 1.165) is 10.9 Å². The van der Waals surface area contributed by atoms with Crippen molar-refractivity contribution in [3.05, 3.63) is 44.6 Å². The van der Waals surface area contributed by atoms with E-state index in [9.17, 15) is 20.1 Å². The third kappa shape index (κ3) is 7.98. The molecule has 5 atom stereocenters. The van der Waals surface area contributed by atoms with E-state index in [0.29, 0.717) is 32.1 Å². The molecule has 4 N–H and O–H groups in total. The van der Waals surface area contributed by atoms with Crippen LogP contribution in [0.3, 0.4) is 0 Å². The summed E-state index contributed by atoms with van der Waals surface area (Å²) in [6, 6.07) is 2.09. The minimum absolute atomic E-state index is 0.0972. The summed E-state index contributed by atoms with van der Waals surface area (Å²) in [5.41, 5.74) is 0. The quantitative estimate of drug-likeness (QED) is 0.277. The first-order valence-electron chi connectivity index (χ1n) is 10.1. The molecule has 2 rings (SSSR count). The SMILES string of the molecule is Cc1sc(CCC(O)/C=C/[C@H]2C(O)CC(O)[C@@H]2C/C=C\CCCC(=O)O)cc1Br. The number of carboxylic acid groups (broad SMARTS) is 1. The average molecular weight is 487 g/mol. The van der Waals surface area contributed by atoms with Crippen molar-refractivity contribution in [2.45, 2.75) is 70.2 Å². The van der Waals surface area contributed by atoms with E-state index >= 15 is 0 Å². The first-order valence-corrected chi connectivity index (χ1v) is 11.7. The Hall–Kier alpha value is -0.990. The molecule has 7 heteroatoms. The van der Waals surface area contributed by atoms with Crippen LogP contribution in [0.5, 0.6) is 0 Å². The van der Waals surface area contributed by atoms with E-state index in [2.05, 4.69) is 28.9 Å². The molecule has 0 amide bonds. The van der Waals surface area contributed by atoms with Crippen molar-refractivity contribution in [3.8, 4) is 0 Å². The molecule has 29 heavy (non-hydrogen) atoms. The summed E-state index contributed by atoms with van der Waals surface area (Å²) in [5.74, 6) is -1.08. The minimum atomic E-state index is -0.793. The van der Waals surface area contributed by atoms with E-state index in [4.69, 9.17) is 5.11 Å². The summed E-state index contributed by atoms with van der Waals surface area (Å²) >= 11 is 5.23. The van der Waals surface area contributed by atoms with Gasteiger partial charge in [-0.05, 0) is 66.9 Å². The van der Waals surface area contributed by atoms with Gasteiger partial charge in [-0.1, -0.05) is 24.3 Å². The molecular formula is C22H31BrO5S. The van der Waals surface area contributed by atoms with Gasteiger partial charge in [0.15, 0.2) is 0 Å². The van der Waals surface area contributed by atoms with E-state index < -0.39 is 24.3 Å². The number of hydrogen-bond acceptors (Lipinski definition) is 5. The molecule has 1 aromatic heterocycles. The third-order valence-corrected chi connectivity index (χ3v) is 7.60. The second-order valence-corrected chi connectivity index (χ2v) is 9.91. The zero-order valence-electron chi connectivity index (χ0n) is 16.7. The molecule has 0 radical (unpaired) electrons. The summed E-state index contributed by atoms with van der Waals surface area (Å²) in [6.07, 6.45) is 9.52. The van der Waals surface area contributed by atoms with Gasteiger partial charge in [0, 0.05) is 33.0 Å². The Labute approximate surface area is 184 Å². The van der Waals surface area contributed by atoms with Gasteiger partial charge in [-0.2, -0.15) is 0 Å². The molecular weight excluding hydrogens is 456 g/mol. The molecule has 1 aliphatic rings. The van der Waals surface area contributed by atoms with Gasteiger partial charge in [-0.25, -0.2) is 0 Å². The van der Waals surface area contributed by atoms with Gasteiger partial charge < -0.3 is 20.4 Å². The summed E-state index contributed by atoms with van der Waals surface area (Å²) < 4.78 is 1.10. The fourth-order valence-corrected chi connectivity index (χ4v) is 5.35. The van der Waals surface area contributed by atoms with Gasteiger partial charge >= 0.3 is 5.97 Å². The smallest absolute Gasteiger partial charge is 0.303 e. The zero-order valence-corrected chi connectivity index (χ0v) is 19.1. The van der Waals surface area contributed by atoms with Gasteiger partial charge in [0.05, 0.1) is 18.3 Å². The van der Waals surface area contributed by atoms with Gasteiger partial charge in [-0.3, -0.25) is 4.79 Å². The minimum Gasteiger partial charge on any atom is -0.481 e. The Bertz CT molecular complexity index is 695. The molecule has 0 saturated heterocycles. The van der Waals surface area contributed by atoms with Crippen molar-refractivity contribution in [2.24, 2.45) is 11.8 Å². The van der Waals surface area contributed by atoms with Crippen LogP contribution in [0.15, 0.2) is 34.8 Å². The monoisotopic (exact) mass is 486 g/mol. The molecule has 5 nitrogen and oxygen atoms in total. The molecule has 1 fully saturated rings. The Morgan fingerprint density at radius 3 is 2.76 bits per heavy atom. The van der Waals surface area contributed by atoms with Crippen LogP contribution in [0.4, 0.5) is 0 Å². The number of allylic oxidation sites excluding steroid dienone is 2. The van der Waals surface area contributed by atoms with Crippen LogP contribution >= 0.6 is 27.3 Å².